The van der Waals surface area contributed by atoms with Gasteiger partial charge in [0, 0.05) is 11.9 Å². The quantitative estimate of drug-likeness (QED) is 0.675. The highest BCUT2D eigenvalue weighted by Crippen LogP contribution is 2.26. The molecule has 0 radical (unpaired) electrons. The molecular weight excluding hydrogens is 294 g/mol. The summed E-state index contributed by atoms with van der Waals surface area (Å²) in [7, 11) is 0. The summed E-state index contributed by atoms with van der Waals surface area (Å²) in [6.07, 6.45) is 12.4. The Morgan fingerprint density at radius 3 is 2.38 bits per heavy atom. The summed E-state index contributed by atoms with van der Waals surface area (Å²) in [4.78, 5) is 12.0. The van der Waals surface area contributed by atoms with E-state index < -0.39 is 0 Å². The van der Waals surface area contributed by atoms with Gasteiger partial charge in [-0.1, -0.05) is 39.0 Å². The first-order chi connectivity index (χ1) is 11.7. The lowest BCUT2D eigenvalue weighted by Crippen LogP contribution is -2.07. The molecule has 2 N–H and O–H groups in total. The van der Waals surface area contributed by atoms with Crippen molar-refractivity contribution in [1.29, 1.82) is 0 Å². The minimum absolute atomic E-state index is 0.508. The highest BCUT2D eigenvalue weighted by atomic mass is 14.8. The second-order valence-electron chi connectivity index (χ2n) is 7.19. The molecule has 0 saturated heterocycles. The molecule has 0 bridgehead atoms. The second-order valence-corrected chi connectivity index (χ2v) is 7.19. The zero-order valence-corrected chi connectivity index (χ0v) is 15.4. The third-order valence-electron chi connectivity index (χ3n) is 5.49. The fourth-order valence-electron chi connectivity index (χ4n) is 3.67. The molecule has 0 aromatic carbocycles. The zero-order valence-electron chi connectivity index (χ0n) is 15.4. The van der Waals surface area contributed by atoms with Gasteiger partial charge in [0.25, 0.3) is 0 Å². The largest absolute Gasteiger partial charge is 0.357 e. The van der Waals surface area contributed by atoms with Crippen molar-refractivity contribution in [3.05, 3.63) is 34.6 Å². The van der Waals surface area contributed by atoms with E-state index in [0.29, 0.717) is 6.04 Å². The van der Waals surface area contributed by atoms with Gasteiger partial charge in [0.05, 0.1) is 23.1 Å². The van der Waals surface area contributed by atoms with Gasteiger partial charge in [-0.2, -0.15) is 0 Å². The molecule has 1 aliphatic rings. The number of hydrogen-bond donors (Lipinski definition) is 2. The van der Waals surface area contributed by atoms with E-state index in [-0.39, 0.29) is 0 Å². The number of rotatable bonds is 4. The molecule has 24 heavy (non-hydrogen) atoms. The summed E-state index contributed by atoms with van der Waals surface area (Å²) in [5.74, 6) is 0. The standard InChI is InChI=1S/C21H31N3/c1-4-17-12-13-19(23-17)21-16(3)15(2)20(24-21)14-22-18-10-8-6-5-7-9-11-18/h12-14,18,23-24H,4-11H2,1-3H3. The summed E-state index contributed by atoms with van der Waals surface area (Å²) in [6, 6.07) is 4.86. The van der Waals surface area contributed by atoms with E-state index in [0.717, 1.165) is 12.1 Å². The van der Waals surface area contributed by atoms with E-state index in [1.807, 2.05) is 0 Å². The number of hydrogen-bond acceptors (Lipinski definition) is 1. The Balaban J connectivity index is 1.78. The summed E-state index contributed by atoms with van der Waals surface area (Å²) >= 11 is 0. The number of nitrogens with one attached hydrogen (secondary N) is 2. The molecule has 3 nitrogen and oxygen atoms in total. The molecule has 3 heteroatoms. The number of nitrogens with zero attached hydrogens (tertiary/aromatic N) is 1. The molecule has 2 heterocycles. The molecule has 2 aromatic rings. The number of aromatic amines is 2. The van der Waals surface area contributed by atoms with Crippen molar-refractivity contribution in [3.63, 3.8) is 0 Å². The lowest BCUT2D eigenvalue weighted by atomic mass is 9.97. The fourth-order valence-corrected chi connectivity index (χ4v) is 3.67. The van der Waals surface area contributed by atoms with Crippen LogP contribution in [0.3, 0.4) is 0 Å². The van der Waals surface area contributed by atoms with Crippen molar-refractivity contribution < 1.29 is 0 Å². The van der Waals surface area contributed by atoms with Crippen LogP contribution in [0.25, 0.3) is 11.4 Å². The fraction of sp³-hybridized carbons (Fsp3) is 0.571. The lowest BCUT2D eigenvalue weighted by molar-refractivity contribution is 0.456. The van der Waals surface area contributed by atoms with Crippen LogP contribution >= 0.6 is 0 Å². The van der Waals surface area contributed by atoms with Gasteiger partial charge in [0.2, 0.25) is 0 Å². The normalized spacial score (nSPS) is 17.3. The van der Waals surface area contributed by atoms with Crippen LogP contribution in [0.2, 0.25) is 0 Å². The molecule has 0 aliphatic heterocycles. The van der Waals surface area contributed by atoms with E-state index in [9.17, 15) is 0 Å². The van der Waals surface area contributed by atoms with Crippen LogP contribution in [0.5, 0.6) is 0 Å². The van der Waals surface area contributed by atoms with Crippen molar-refractivity contribution in [1.82, 2.24) is 9.97 Å². The Morgan fingerprint density at radius 1 is 1.00 bits per heavy atom. The van der Waals surface area contributed by atoms with Crippen LogP contribution < -0.4 is 0 Å². The highest BCUT2D eigenvalue weighted by molar-refractivity contribution is 5.83. The maximum atomic E-state index is 4.92. The summed E-state index contributed by atoms with van der Waals surface area (Å²) in [5, 5.41) is 0. The van der Waals surface area contributed by atoms with Gasteiger partial charge >= 0.3 is 0 Å². The van der Waals surface area contributed by atoms with Gasteiger partial charge in [-0.15, -0.1) is 0 Å². The Bertz CT molecular complexity index is 682. The van der Waals surface area contributed by atoms with Crippen LogP contribution in [0.15, 0.2) is 17.1 Å². The molecule has 0 unspecified atom stereocenters. The number of aryl methyl sites for hydroxylation is 1. The van der Waals surface area contributed by atoms with Crippen molar-refractivity contribution >= 4 is 6.21 Å². The molecule has 0 spiro atoms. The average Bonchev–Trinajstić information content (AvgIpc) is 3.13. The van der Waals surface area contributed by atoms with E-state index >= 15 is 0 Å². The predicted molar refractivity (Wildman–Crippen MR) is 103 cm³/mol. The van der Waals surface area contributed by atoms with Crippen molar-refractivity contribution in [2.75, 3.05) is 0 Å². The molecule has 130 valence electrons. The van der Waals surface area contributed by atoms with Gasteiger partial charge in [0.15, 0.2) is 0 Å². The predicted octanol–water partition coefficient (Wildman–Crippen LogP) is 5.72. The van der Waals surface area contributed by atoms with E-state index in [4.69, 9.17) is 4.99 Å². The third-order valence-corrected chi connectivity index (χ3v) is 5.49. The van der Waals surface area contributed by atoms with E-state index in [1.54, 1.807) is 0 Å². The van der Waals surface area contributed by atoms with E-state index in [1.165, 1.54) is 73.2 Å². The first-order valence-electron chi connectivity index (χ1n) is 9.59. The lowest BCUT2D eigenvalue weighted by Gasteiger charge is -2.15. The second kappa shape index (κ2) is 7.87. The third kappa shape index (κ3) is 3.82. The Morgan fingerprint density at radius 2 is 1.71 bits per heavy atom. The van der Waals surface area contributed by atoms with Crippen LogP contribution in [-0.4, -0.2) is 22.2 Å². The van der Waals surface area contributed by atoms with Gasteiger partial charge in [-0.25, -0.2) is 0 Å². The summed E-state index contributed by atoms with van der Waals surface area (Å²) in [5.41, 5.74) is 7.45. The van der Waals surface area contributed by atoms with Crippen LogP contribution in [0, 0.1) is 13.8 Å². The molecule has 0 amide bonds. The van der Waals surface area contributed by atoms with Gasteiger partial charge in [-0.3, -0.25) is 4.99 Å². The maximum Gasteiger partial charge on any atom is 0.0657 e. The zero-order chi connectivity index (χ0) is 16.9. The Hall–Kier alpha value is -1.77. The van der Waals surface area contributed by atoms with Crippen LogP contribution in [-0.2, 0) is 6.42 Å². The van der Waals surface area contributed by atoms with Gasteiger partial charge in [0.1, 0.15) is 0 Å². The topological polar surface area (TPSA) is 43.9 Å². The molecule has 3 rings (SSSR count). The number of aliphatic imine (C=N–C) groups is 1. The van der Waals surface area contributed by atoms with E-state index in [2.05, 4.69) is 49.1 Å². The molecule has 2 aromatic heterocycles. The summed E-state index contributed by atoms with van der Waals surface area (Å²) in [6.45, 7) is 6.56. The molecule has 1 fully saturated rings. The first-order valence-corrected chi connectivity index (χ1v) is 9.59. The monoisotopic (exact) mass is 325 g/mol. The summed E-state index contributed by atoms with van der Waals surface area (Å²) < 4.78 is 0. The molecule has 0 atom stereocenters. The first kappa shape index (κ1) is 17.1. The highest BCUT2D eigenvalue weighted by Gasteiger charge is 2.14. The maximum absolute atomic E-state index is 4.92. The van der Waals surface area contributed by atoms with Crippen molar-refractivity contribution in [2.45, 2.75) is 78.2 Å². The molecule has 1 aliphatic carbocycles. The average molecular weight is 326 g/mol. The minimum atomic E-state index is 0.508. The Labute approximate surface area is 146 Å². The molecule has 1 saturated carbocycles. The van der Waals surface area contributed by atoms with Crippen molar-refractivity contribution in [3.8, 4) is 11.4 Å². The SMILES string of the molecule is CCc1ccc(-c2[nH]c(C=NC3CCCCCCC3)c(C)c2C)[nH]1. The van der Waals surface area contributed by atoms with Crippen LogP contribution in [0.4, 0.5) is 0 Å². The van der Waals surface area contributed by atoms with Gasteiger partial charge < -0.3 is 9.97 Å². The smallest absolute Gasteiger partial charge is 0.0657 e. The Kier molecular flexibility index (Phi) is 5.60. The number of aromatic nitrogens is 2. The number of H-pyrrole nitrogens is 2. The van der Waals surface area contributed by atoms with Crippen molar-refractivity contribution in [2.24, 2.45) is 4.99 Å². The van der Waals surface area contributed by atoms with Gasteiger partial charge in [-0.05, 0) is 56.4 Å². The molecular formula is C21H31N3. The minimum Gasteiger partial charge on any atom is -0.357 e. The van der Waals surface area contributed by atoms with Crippen LogP contribution in [0.1, 0.15) is 74.4 Å².